The molecule has 0 saturated carbocycles. The Hall–Kier alpha value is -0.610. The van der Waals surface area contributed by atoms with Gasteiger partial charge in [-0.25, -0.2) is 0 Å². The van der Waals surface area contributed by atoms with Crippen molar-refractivity contribution in [3.63, 3.8) is 0 Å². The number of nitrogens with two attached hydrogens (primary N) is 1. The summed E-state index contributed by atoms with van der Waals surface area (Å²) in [6.07, 6.45) is 2.69. The molecule has 1 heterocycles. The van der Waals surface area contributed by atoms with E-state index in [0.717, 1.165) is 19.4 Å². The van der Waals surface area contributed by atoms with Crippen molar-refractivity contribution >= 4 is 5.91 Å². The summed E-state index contributed by atoms with van der Waals surface area (Å²) < 4.78 is 5.32. The van der Waals surface area contributed by atoms with E-state index < -0.39 is 0 Å². The predicted molar refractivity (Wildman–Crippen MR) is 68.7 cm³/mol. The fourth-order valence-electron chi connectivity index (χ4n) is 1.98. The van der Waals surface area contributed by atoms with E-state index in [0.29, 0.717) is 13.0 Å². The molecule has 17 heavy (non-hydrogen) atoms. The summed E-state index contributed by atoms with van der Waals surface area (Å²) in [5, 5.41) is 0. The molecule has 0 spiro atoms. The lowest BCUT2D eigenvalue weighted by atomic mass is 9.85. The zero-order valence-electron chi connectivity index (χ0n) is 11.5. The number of carbonyl (C=O) groups is 1. The van der Waals surface area contributed by atoms with Crippen LogP contribution in [0.25, 0.3) is 0 Å². The van der Waals surface area contributed by atoms with Gasteiger partial charge in [0.05, 0.1) is 6.10 Å². The summed E-state index contributed by atoms with van der Waals surface area (Å²) in [7, 11) is 1.71. The average Bonchev–Trinajstić information content (AvgIpc) is 2.27. The number of rotatable bonds is 3. The van der Waals surface area contributed by atoms with Crippen LogP contribution in [0.4, 0.5) is 0 Å². The molecule has 0 aliphatic carbocycles. The summed E-state index contributed by atoms with van der Waals surface area (Å²) in [4.78, 5) is 14.0. The van der Waals surface area contributed by atoms with Gasteiger partial charge >= 0.3 is 0 Å². The molecular formula is C13H26N2O2. The second-order valence-electron chi connectivity index (χ2n) is 6.02. The van der Waals surface area contributed by atoms with Crippen molar-refractivity contribution in [2.45, 2.75) is 52.2 Å². The van der Waals surface area contributed by atoms with Crippen molar-refractivity contribution in [2.24, 2.45) is 11.1 Å². The van der Waals surface area contributed by atoms with Gasteiger partial charge in [-0.1, -0.05) is 20.8 Å². The maximum absolute atomic E-state index is 12.1. The zero-order valence-corrected chi connectivity index (χ0v) is 11.5. The van der Waals surface area contributed by atoms with Gasteiger partial charge in [0.1, 0.15) is 0 Å². The highest BCUT2D eigenvalue weighted by atomic mass is 16.5. The number of methoxy groups -OCH3 is 1. The number of amides is 1. The molecular weight excluding hydrogens is 216 g/mol. The van der Waals surface area contributed by atoms with Crippen LogP contribution in [0.3, 0.4) is 0 Å². The molecule has 1 rings (SSSR count). The normalized spacial score (nSPS) is 23.6. The Bertz CT molecular complexity index is 261. The highest BCUT2D eigenvalue weighted by Crippen LogP contribution is 2.21. The number of ether oxygens (including phenoxy) is 1. The third kappa shape index (κ3) is 4.28. The zero-order chi connectivity index (χ0) is 13.1. The molecule has 4 heteroatoms. The van der Waals surface area contributed by atoms with E-state index in [9.17, 15) is 4.79 Å². The Balaban J connectivity index is 2.47. The van der Waals surface area contributed by atoms with E-state index in [4.69, 9.17) is 10.5 Å². The topological polar surface area (TPSA) is 55.6 Å². The number of piperidine rings is 1. The van der Waals surface area contributed by atoms with E-state index in [2.05, 4.69) is 20.8 Å². The van der Waals surface area contributed by atoms with Crippen molar-refractivity contribution < 1.29 is 9.53 Å². The molecule has 2 N–H and O–H groups in total. The Labute approximate surface area is 104 Å². The first-order valence-electron chi connectivity index (χ1n) is 6.40. The first-order valence-corrected chi connectivity index (χ1v) is 6.40. The molecule has 1 aliphatic rings. The summed E-state index contributed by atoms with van der Waals surface area (Å²) in [5.41, 5.74) is 6.03. The number of nitrogens with zero attached hydrogens (tertiary/aromatic N) is 1. The van der Waals surface area contributed by atoms with Gasteiger partial charge in [0.15, 0.2) is 0 Å². The minimum atomic E-state index is -0.0853. The van der Waals surface area contributed by atoms with Crippen LogP contribution in [0.5, 0.6) is 0 Å². The van der Waals surface area contributed by atoms with E-state index in [1.807, 2.05) is 4.90 Å². The molecule has 2 unspecified atom stereocenters. The van der Waals surface area contributed by atoms with Gasteiger partial charge in [-0.2, -0.15) is 0 Å². The molecule has 2 atom stereocenters. The van der Waals surface area contributed by atoms with E-state index in [1.165, 1.54) is 0 Å². The van der Waals surface area contributed by atoms with E-state index >= 15 is 0 Å². The van der Waals surface area contributed by atoms with Crippen LogP contribution in [0.15, 0.2) is 0 Å². The van der Waals surface area contributed by atoms with Gasteiger partial charge in [0.2, 0.25) is 5.91 Å². The van der Waals surface area contributed by atoms with Crippen molar-refractivity contribution in [3.05, 3.63) is 0 Å². The molecule has 0 aromatic rings. The molecule has 0 aromatic heterocycles. The van der Waals surface area contributed by atoms with Gasteiger partial charge in [0.25, 0.3) is 0 Å². The van der Waals surface area contributed by atoms with Crippen molar-refractivity contribution in [3.8, 4) is 0 Å². The monoisotopic (exact) mass is 242 g/mol. The molecule has 4 nitrogen and oxygen atoms in total. The van der Waals surface area contributed by atoms with E-state index in [1.54, 1.807) is 7.11 Å². The summed E-state index contributed by atoms with van der Waals surface area (Å²) in [6, 6.07) is -0.0853. The van der Waals surface area contributed by atoms with Crippen LogP contribution in [-0.2, 0) is 9.53 Å². The largest absolute Gasteiger partial charge is 0.380 e. The Morgan fingerprint density at radius 1 is 1.53 bits per heavy atom. The second kappa shape index (κ2) is 5.83. The standard InChI is InChI=1S/C13H26N2O2/c1-13(2,3)11(14)8-12(16)15-7-5-6-10(9-15)17-4/h10-11H,5-9,14H2,1-4H3. The highest BCUT2D eigenvalue weighted by Gasteiger charge is 2.28. The third-order valence-electron chi connectivity index (χ3n) is 3.57. The van der Waals surface area contributed by atoms with E-state index in [-0.39, 0.29) is 23.5 Å². The number of carbonyl (C=O) groups excluding carboxylic acids is 1. The minimum Gasteiger partial charge on any atom is -0.380 e. The molecule has 1 saturated heterocycles. The number of hydrogen-bond donors (Lipinski definition) is 1. The van der Waals surface area contributed by atoms with Crippen molar-refractivity contribution in [1.29, 1.82) is 0 Å². The fourth-order valence-corrected chi connectivity index (χ4v) is 1.98. The summed E-state index contributed by atoms with van der Waals surface area (Å²) in [6.45, 7) is 7.76. The fraction of sp³-hybridized carbons (Fsp3) is 0.923. The lowest BCUT2D eigenvalue weighted by molar-refractivity contribution is -0.135. The van der Waals surface area contributed by atoms with Crippen LogP contribution in [0, 0.1) is 5.41 Å². The van der Waals surface area contributed by atoms with Gasteiger partial charge in [0, 0.05) is 32.7 Å². The molecule has 1 amide bonds. The van der Waals surface area contributed by atoms with Crippen LogP contribution in [0.2, 0.25) is 0 Å². The Kier molecular flexibility index (Phi) is 4.95. The molecule has 100 valence electrons. The van der Waals surface area contributed by atoms with Crippen molar-refractivity contribution in [1.82, 2.24) is 4.90 Å². The maximum atomic E-state index is 12.1. The number of likely N-dealkylation sites (tertiary alicyclic amines) is 1. The summed E-state index contributed by atoms with van der Waals surface area (Å²) in [5.74, 6) is 0.161. The first kappa shape index (κ1) is 14.5. The quantitative estimate of drug-likeness (QED) is 0.813. The Morgan fingerprint density at radius 3 is 2.71 bits per heavy atom. The maximum Gasteiger partial charge on any atom is 0.224 e. The lowest BCUT2D eigenvalue weighted by Crippen LogP contribution is -2.46. The molecule has 0 radical (unpaired) electrons. The second-order valence-corrected chi connectivity index (χ2v) is 6.02. The first-order chi connectivity index (χ1) is 7.84. The van der Waals surface area contributed by atoms with Crippen LogP contribution in [-0.4, -0.2) is 43.2 Å². The molecule has 1 aliphatic heterocycles. The Morgan fingerprint density at radius 2 is 2.18 bits per heavy atom. The van der Waals surface area contributed by atoms with Crippen LogP contribution in [0.1, 0.15) is 40.0 Å². The number of hydrogen-bond acceptors (Lipinski definition) is 3. The highest BCUT2D eigenvalue weighted by molar-refractivity contribution is 5.77. The van der Waals surface area contributed by atoms with Gasteiger partial charge in [-0.15, -0.1) is 0 Å². The van der Waals surface area contributed by atoms with Gasteiger partial charge in [-0.05, 0) is 18.3 Å². The van der Waals surface area contributed by atoms with Gasteiger partial charge < -0.3 is 15.4 Å². The predicted octanol–water partition coefficient (Wildman–Crippen LogP) is 1.39. The average molecular weight is 242 g/mol. The molecule has 0 bridgehead atoms. The lowest BCUT2D eigenvalue weighted by Gasteiger charge is -2.34. The van der Waals surface area contributed by atoms with Crippen LogP contribution < -0.4 is 5.73 Å². The SMILES string of the molecule is COC1CCCN(C(=O)CC(N)C(C)(C)C)C1. The molecule has 0 aromatic carbocycles. The van der Waals surface area contributed by atoms with Crippen molar-refractivity contribution in [2.75, 3.05) is 20.2 Å². The molecule has 1 fully saturated rings. The minimum absolute atomic E-state index is 0.0217. The van der Waals surface area contributed by atoms with Crippen LogP contribution >= 0.6 is 0 Å². The summed E-state index contributed by atoms with van der Waals surface area (Å²) >= 11 is 0. The smallest absolute Gasteiger partial charge is 0.224 e. The van der Waals surface area contributed by atoms with Gasteiger partial charge in [-0.3, -0.25) is 4.79 Å². The third-order valence-corrected chi connectivity index (χ3v) is 3.57.